The Morgan fingerprint density at radius 3 is 2.12 bits per heavy atom. The molecule has 0 amide bonds. The van der Waals surface area contributed by atoms with Gasteiger partial charge in [0.2, 0.25) is 0 Å². The number of hydrogen-bond acceptors (Lipinski definition) is 3. The molecule has 0 saturated heterocycles. The summed E-state index contributed by atoms with van der Waals surface area (Å²) in [7, 11) is 0. The van der Waals surface area contributed by atoms with Crippen LogP contribution in [0.3, 0.4) is 0 Å². The molecule has 3 heteroatoms. The molecule has 1 atom stereocenters. The Balaban J connectivity index is 3.51. The molecule has 0 saturated carbocycles. The molecule has 0 fully saturated rings. The van der Waals surface area contributed by atoms with Gasteiger partial charge in [0, 0.05) is 32.2 Å². The molecular formula is C13H29NO2. The van der Waals surface area contributed by atoms with E-state index in [1.807, 2.05) is 13.8 Å². The average molecular weight is 231 g/mol. The highest BCUT2D eigenvalue weighted by Crippen LogP contribution is 2.02. The molecule has 0 aliphatic rings. The van der Waals surface area contributed by atoms with Crippen molar-refractivity contribution in [2.45, 2.75) is 65.7 Å². The SMILES string of the molecule is CCCCC(C)NCCC(OCC)OCC. The summed E-state index contributed by atoms with van der Waals surface area (Å²) in [6.07, 6.45) is 4.71. The van der Waals surface area contributed by atoms with Crippen molar-refractivity contribution >= 4 is 0 Å². The quantitative estimate of drug-likeness (QED) is 0.555. The first-order valence-corrected chi connectivity index (χ1v) is 6.71. The Hall–Kier alpha value is -0.120. The highest BCUT2D eigenvalue weighted by Gasteiger charge is 2.08. The molecule has 0 rings (SSSR count). The largest absolute Gasteiger partial charge is 0.353 e. The van der Waals surface area contributed by atoms with E-state index in [9.17, 15) is 0 Å². The molecule has 1 unspecified atom stereocenters. The predicted octanol–water partition coefficient (Wildman–Crippen LogP) is 2.94. The van der Waals surface area contributed by atoms with Crippen molar-refractivity contribution in [2.24, 2.45) is 0 Å². The number of ether oxygens (including phenoxy) is 2. The summed E-state index contributed by atoms with van der Waals surface area (Å²) in [5.74, 6) is 0. The lowest BCUT2D eigenvalue weighted by Crippen LogP contribution is -2.30. The molecule has 0 aromatic rings. The molecule has 0 heterocycles. The zero-order valence-electron chi connectivity index (χ0n) is 11.4. The molecule has 0 aromatic heterocycles. The maximum absolute atomic E-state index is 5.48. The molecule has 0 radical (unpaired) electrons. The predicted molar refractivity (Wildman–Crippen MR) is 68.6 cm³/mol. The van der Waals surface area contributed by atoms with E-state index in [2.05, 4.69) is 19.2 Å². The highest BCUT2D eigenvalue weighted by atomic mass is 16.7. The summed E-state index contributed by atoms with van der Waals surface area (Å²) in [5, 5.41) is 3.50. The molecule has 0 aliphatic carbocycles. The zero-order chi connectivity index (χ0) is 12.2. The summed E-state index contributed by atoms with van der Waals surface area (Å²) in [5.41, 5.74) is 0. The zero-order valence-corrected chi connectivity index (χ0v) is 11.4. The molecule has 16 heavy (non-hydrogen) atoms. The molecule has 3 nitrogen and oxygen atoms in total. The van der Waals surface area contributed by atoms with E-state index < -0.39 is 0 Å². The van der Waals surface area contributed by atoms with Crippen LogP contribution in [-0.2, 0) is 9.47 Å². The van der Waals surface area contributed by atoms with Gasteiger partial charge in [-0.2, -0.15) is 0 Å². The van der Waals surface area contributed by atoms with Gasteiger partial charge in [-0.15, -0.1) is 0 Å². The van der Waals surface area contributed by atoms with Gasteiger partial charge >= 0.3 is 0 Å². The van der Waals surface area contributed by atoms with Gasteiger partial charge in [0.25, 0.3) is 0 Å². The fourth-order valence-electron chi connectivity index (χ4n) is 1.65. The molecule has 0 bridgehead atoms. The second-order valence-electron chi connectivity index (χ2n) is 4.13. The van der Waals surface area contributed by atoms with Gasteiger partial charge in [-0.05, 0) is 27.2 Å². The second kappa shape index (κ2) is 11.4. The maximum Gasteiger partial charge on any atom is 0.158 e. The third-order valence-corrected chi connectivity index (χ3v) is 2.57. The van der Waals surface area contributed by atoms with Crippen molar-refractivity contribution in [1.29, 1.82) is 0 Å². The highest BCUT2D eigenvalue weighted by molar-refractivity contribution is 4.61. The minimum atomic E-state index is -0.0409. The fraction of sp³-hybridized carbons (Fsp3) is 1.00. The van der Waals surface area contributed by atoms with Crippen molar-refractivity contribution in [3.63, 3.8) is 0 Å². The van der Waals surface area contributed by atoms with Crippen LogP contribution >= 0.6 is 0 Å². The lowest BCUT2D eigenvalue weighted by Gasteiger charge is -2.19. The minimum Gasteiger partial charge on any atom is -0.353 e. The summed E-state index contributed by atoms with van der Waals surface area (Å²) in [4.78, 5) is 0. The Bertz CT molecular complexity index is 136. The number of nitrogens with one attached hydrogen (secondary N) is 1. The molecule has 1 N–H and O–H groups in total. The second-order valence-corrected chi connectivity index (χ2v) is 4.13. The Labute approximate surface area is 101 Å². The van der Waals surface area contributed by atoms with E-state index >= 15 is 0 Å². The summed E-state index contributed by atoms with van der Waals surface area (Å²) >= 11 is 0. The standard InChI is InChI=1S/C13H29NO2/c1-5-8-9-12(4)14-11-10-13(15-6-2)16-7-3/h12-14H,5-11H2,1-4H3. The Kier molecular flexibility index (Phi) is 11.3. The van der Waals surface area contributed by atoms with E-state index in [1.54, 1.807) is 0 Å². The van der Waals surface area contributed by atoms with Crippen LogP contribution < -0.4 is 5.32 Å². The summed E-state index contributed by atoms with van der Waals surface area (Å²) in [6.45, 7) is 10.9. The van der Waals surface area contributed by atoms with Crippen molar-refractivity contribution < 1.29 is 9.47 Å². The topological polar surface area (TPSA) is 30.5 Å². The van der Waals surface area contributed by atoms with Crippen LogP contribution in [0.1, 0.15) is 53.4 Å². The van der Waals surface area contributed by atoms with Gasteiger partial charge in [-0.25, -0.2) is 0 Å². The number of rotatable bonds is 11. The van der Waals surface area contributed by atoms with Crippen molar-refractivity contribution in [3.8, 4) is 0 Å². The van der Waals surface area contributed by atoms with Gasteiger partial charge in [0.05, 0.1) is 0 Å². The van der Waals surface area contributed by atoms with E-state index in [1.165, 1.54) is 19.3 Å². The van der Waals surface area contributed by atoms with Crippen molar-refractivity contribution in [1.82, 2.24) is 5.32 Å². The van der Waals surface area contributed by atoms with Gasteiger partial charge in [0.15, 0.2) is 6.29 Å². The number of hydrogen-bond donors (Lipinski definition) is 1. The van der Waals surface area contributed by atoms with Crippen molar-refractivity contribution in [3.05, 3.63) is 0 Å². The fourth-order valence-corrected chi connectivity index (χ4v) is 1.65. The van der Waals surface area contributed by atoms with E-state index in [4.69, 9.17) is 9.47 Å². The van der Waals surface area contributed by atoms with Gasteiger partial charge in [-0.3, -0.25) is 0 Å². The molecule has 0 aromatic carbocycles. The Morgan fingerprint density at radius 2 is 1.62 bits per heavy atom. The van der Waals surface area contributed by atoms with Crippen LogP contribution in [0.15, 0.2) is 0 Å². The van der Waals surface area contributed by atoms with E-state index in [0.29, 0.717) is 6.04 Å². The molecule has 0 spiro atoms. The third kappa shape index (κ3) is 9.13. The Morgan fingerprint density at radius 1 is 1.00 bits per heavy atom. The minimum absolute atomic E-state index is 0.0409. The summed E-state index contributed by atoms with van der Waals surface area (Å²) in [6, 6.07) is 0.601. The van der Waals surface area contributed by atoms with Crippen LogP contribution in [0, 0.1) is 0 Å². The van der Waals surface area contributed by atoms with Gasteiger partial charge in [-0.1, -0.05) is 19.8 Å². The monoisotopic (exact) mass is 231 g/mol. The molecule has 98 valence electrons. The van der Waals surface area contributed by atoms with Crippen LogP contribution in [-0.4, -0.2) is 32.1 Å². The lowest BCUT2D eigenvalue weighted by atomic mass is 10.1. The normalized spacial score (nSPS) is 13.3. The van der Waals surface area contributed by atoms with Crippen LogP contribution in [0.4, 0.5) is 0 Å². The van der Waals surface area contributed by atoms with Crippen molar-refractivity contribution in [2.75, 3.05) is 19.8 Å². The summed E-state index contributed by atoms with van der Waals surface area (Å²) < 4.78 is 11.0. The van der Waals surface area contributed by atoms with Crippen LogP contribution in [0.2, 0.25) is 0 Å². The third-order valence-electron chi connectivity index (χ3n) is 2.57. The lowest BCUT2D eigenvalue weighted by molar-refractivity contribution is -0.138. The maximum atomic E-state index is 5.48. The van der Waals surface area contributed by atoms with E-state index in [0.717, 1.165) is 26.2 Å². The van der Waals surface area contributed by atoms with E-state index in [-0.39, 0.29) is 6.29 Å². The molecular weight excluding hydrogens is 202 g/mol. The van der Waals surface area contributed by atoms with Crippen LogP contribution in [0.25, 0.3) is 0 Å². The first-order chi connectivity index (χ1) is 7.74. The van der Waals surface area contributed by atoms with Gasteiger partial charge in [0.1, 0.15) is 0 Å². The number of unbranched alkanes of at least 4 members (excludes halogenated alkanes) is 1. The van der Waals surface area contributed by atoms with Gasteiger partial charge < -0.3 is 14.8 Å². The smallest absolute Gasteiger partial charge is 0.158 e. The average Bonchev–Trinajstić information content (AvgIpc) is 2.27. The van der Waals surface area contributed by atoms with Crippen LogP contribution in [0.5, 0.6) is 0 Å². The molecule has 0 aliphatic heterocycles. The first kappa shape index (κ1) is 15.9. The first-order valence-electron chi connectivity index (χ1n) is 6.71.